The summed E-state index contributed by atoms with van der Waals surface area (Å²) in [4.78, 5) is 35.2. The molecule has 1 atom stereocenters. The number of rotatable bonds is 7. The molecule has 8 nitrogen and oxygen atoms in total. The molecule has 0 aliphatic carbocycles. The first-order chi connectivity index (χ1) is 16.2. The third-order valence-corrected chi connectivity index (χ3v) is 6.25. The quantitative estimate of drug-likeness (QED) is 0.548. The van der Waals surface area contributed by atoms with E-state index in [2.05, 4.69) is 9.88 Å². The molecule has 1 unspecified atom stereocenters. The van der Waals surface area contributed by atoms with E-state index in [1.54, 1.807) is 35.5 Å². The number of fused-ring (bicyclic) bond motifs is 2. The largest absolute Gasteiger partial charge is 0.494 e. The highest BCUT2D eigenvalue weighted by Gasteiger charge is 2.42. The van der Waals surface area contributed by atoms with E-state index in [9.17, 15) is 9.59 Å². The lowest BCUT2D eigenvalue weighted by Gasteiger charge is -2.29. The highest BCUT2D eigenvalue weighted by Crippen LogP contribution is 2.38. The van der Waals surface area contributed by atoms with E-state index in [1.165, 1.54) is 0 Å². The van der Waals surface area contributed by atoms with Gasteiger partial charge in [0.1, 0.15) is 11.3 Å². The van der Waals surface area contributed by atoms with Crippen molar-refractivity contribution in [2.45, 2.75) is 19.4 Å². The molecule has 1 aromatic carbocycles. The Bertz CT molecular complexity index is 1200. The number of benzene rings is 1. The first-order valence-electron chi connectivity index (χ1n) is 11.4. The molecular formula is C25H27N3O5. The summed E-state index contributed by atoms with van der Waals surface area (Å²) in [6, 6.07) is 8.35. The average Bonchev–Trinajstić information content (AvgIpc) is 3.12. The van der Waals surface area contributed by atoms with E-state index in [0.29, 0.717) is 35.4 Å². The highest BCUT2D eigenvalue weighted by atomic mass is 16.5. The molecule has 2 aromatic heterocycles. The summed E-state index contributed by atoms with van der Waals surface area (Å²) in [6.45, 7) is 7.05. The Hall–Kier alpha value is -3.23. The number of aromatic nitrogens is 1. The van der Waals surface area contributed by atoms with Crippen molar-refractivity contribution in [1.82, 2.24) is 14.8 Å². The predicted octanol–water partition coefficient (Wildman–Crippen LogP) is 2.85. The topological polar surface area (TPSA) is 85.1 Å². The smallest absolute Gasteiger partial charge is 0.290 e. The number of carbonyl (C=O) groups is 1. The van der Waals surface area contributed by atoms with Crippen LogP contribution in [0.1, 0.15) is 41.1 Å². The molecule has 0 spiro atoms. The Morgan fingerprint density at radius 3 is 2.64 bits per heavy atom. The van der Waals surface area contributed by atoms with Crippen LogP contribution in [0.4, 0.5) is 0 Å². The Morgan fingerprint density at radius 2 is 1.88 bits per heavy atom. The van der Waals surface area contributed by atoms with Crippen LogP contribution in [0.5, 0.6) is 5.75 Å². The zero-order chi connectivity index (χ0) is 22.8. The van der Waals surface area contributed by atoms with Gasteiger partial charge in [-0.15, -0.1) is 0 Å². The maximum absolute atomic E-state index is 13.6. The molecule has 0 saturated carbocycles. The van der Waals surface area contributed by atoms with E-state index < -0.39 is 6.04 Å². The first kappa shape index (κ1) is 21.6. The molecule has 4 heterocycles. The fourth-order valence-corrected chi connectivity index (χ4v) is 4.67. The third kappa shape index (κ3) is 4.12. The van der Waals surface area contributed by atoms with Crippen LogP contribution in [-0.4, -0.2) is 66.7 Å². The van der Waals surface area contributed by atoms with E-state index in [0.717, 1.165) is 44.8 Å². The summed E-state index contributed by atoms with van der Waals surface area (Å²) < 4.78 is 17.0. The lowest BCUT2D eigenvalue weighted by molar-refractivity contribution is 0.0353. The molecule has 5 rings (SSSR count). The third-order valence-electron chi connectivity index (χ3n) is 6.25. The fourth-order valence-electron chi connectivity index (χ4n) is 4.67. The normalized spacial score (nSPS) is 18.6. The molecule has 0 bridgehead atoms. The van der Waals surface area contributed by atoms with Gasteiger partial charge in [0.2, 0.25) is 5.76 Å². The van der Waals surface area contributed by atoms with Crippen molar-refractivity contribution in [3.05, 3.63) is 69.8 Å². The Morgan fingerprint density at radius 1 is 1.09 bits per heavy atom. The number of ether oxygens (including phenoxy) is 2. The van der Waals surface area contributed by atoms with Gasteiger partial charge in [0.25, 0.3) is 5.91 Å². The summed E-state index contributed by atoms with van der Waals surface area (Å²) in [6.07, 6.45) is 4.16. The molecule has 1 saturated heterocycles. The van der Waals surface area contributed by atoms with Crippen molar-refractivity contribution >= 4 is 16.9 Å². The molecule has 8 heteroatoms. The van der Waals surface area contributed by atoms with Gasteiger partial charge in [0.05, 0.1) is 36.8 Å². The number of morpholine rings is 1. The number of nitrogens with zero attached hydrogens (tertiary/aromatic N) is 3. The molecule has 2 aliphatic rings. The van der Waals surface area contributed by atoms with Crippen molar-refractivity contribution in [1.29, 1.82) is 0 Å². The molecule has 0 radical (unpaired) electrons. The molecule has 3 aromatic rings. The van der Waals surface area contributed by atoms with Crippen LogP contribution in [0.25, 0.3) is 11.0 Å². The summed E-state index contributed by atoms with van der Waals surface area (Å²) in [5.74, 6) is 0.468. The van der Waals surface area contributed by atoms with Gasteiger partial charge in [-0.1, -0.05) is 0 Å². The van der Waals surface area contributed by atoms with Crippen LogP contribution in [0, 0.1) is 0 Å². The second-order valence-electron chi connectivity index (χ2n) is 8.25. The second kappa shape index (κ2) is 9.33. The fraction of sp³-hybridized carbons (Fsp3) is 0.400. The Labute approximate surface area is 191 Å². The Kier molecular flexibility index (Phi) is 6.11. The Balaban J connectivity index is 1.51. The molecule has 33 heavy (non-hydrogen) atoms. The number of carbonyl (C=O) groups excluding carboxylic acids is 1. The zero-order valence-corrected chi connectivity index (χ0v) is 18.7. The monoisotopic (exact) mass is 449 g/mol. The molecule has 0 N–H and O–H groups in total. The van der Waals surface area contributed by atoms with E-state index >= 15 is 0 Å². The van der Waals surface area contributed by atoms with E-state index in [-0.39, 0.29) is 17.1 Å². The van der Waals surface area contributed by atoms with Crippen molar-refractivity contribution in [3.63, 3.8) is 0 Å². The maximum atomic E-state index is 13.6. The van der Waals surface area contributed by atoms with Crippen molar-refractivity contribution in [2.75, 3.05) is 46.0 Å². The van der Waals surface area contributed by atoms with Crippen molar-refractivity contribution < 1.29 is 18.7 Å². The predicted molar refractivity (Wildman–Crippen MR) is 123 cm³/mol. The first-order valence-corrected chi connectivity index (χ1v) is 11.4. The number of amides is 1. The molecular weight excluding hydrogens is 422 g/mol. The molecule has 172 valence electrons. The van der Waals surface area contributed by atoms with Crippen LogP contribution < -0.4 is 10.2 Å². The molecule has 1 fully saturated rings. The lowest BCUT2D eigenvalue weighted by atomic mass is 9.99. The van der Waals surface area contributed by atoms with E-state index in [1.807, 2.05) is 19.1 Å². The van der Waals surface area contributed by atoms with Gasteiger partial charge < -0.3 is 18.8 Å². The minimum atomic E-state index is -0.493. The molecule has 2 aliphatic heterocycles. The lowest BCUT2D eigenvalue weighted by Crippen LogP contribution is -2.38. The number of hydrogen-bond donors (Lipinski definition) is 0. The van der Waals surface area contributed by atoms with Gasteiger partial charge in [-0.3, -0.25) is 19.5 Å². The summed E-state index contributed by atoms with van der Waals surface area (Å²) in [7, 11) is 0. The van der Waals surface area contributed by atoms with Crippen molar-refractivity contribution in [3.8, 4) is 5.75 Å². The highest BCUT2D eigenvalue weighted by molar-refractivity contribution is 5.99. The van der Waals surface area contributed by atoms with Gasteiger partial charge in [0, 0.05) is 44.6 Å². The van der Waals surface area contributed by atoms with E-state index in [4.69, 9.17) is 13.9 Å². The van der Waals surface area contributed by atoms with Crippen LogP contribution in [0.2, 0.25) is 0 Å². The van der Waals surface area contributed by atoms with Crippen LogP contribution in [0.3, 0.4) is 0 Å². The van der Waals surface area contributed by atoms with Crippen molar-refractivity contribution in [2.24, 2.45) is 0 Å². The molecule has 1 amide bonds. The summed E-state index contributed by atoms with van der Waals surface area (Å²) in [5, 5.41) is 0.444. The van der Waals surface area contributed by atoms with Crippen LogP contribution >= 0.6 is 0 Å². The van der Waals surface area contributed by atoms with Gasteiger partial charge >= 0.3 is 0 Å². The van der Waals surface area contributed by atoms with Crippen LogP contribution in [0.15, 0.2) is 51.9 Å². The van der Waals surface area contributed by atoms with Gasteiger partial charge in [-0.25, -0.2) is 0 Å². The van der Waals surface area contributed by atoms with Gasteiger partial charge in [0.15, 0.2) is 5.43 Å². The second-order valence-corrected chi connectivity index (χ2v) is 8.25. The SMILES string of the molecule is CCOc1ccc2c(=O)c3c(oc2c1)C(=O)N(CCCN1CCOCC1)C3c1ccncc1. The van der Waals surface area contributed by atoms with Gasteiger partial charge in [-0.2, -0.15) is 0 Å². The number of hydrogen-bond acceptors (Lipinski definition) is 7. The zero-order valence-electron chi connectivity index (χ0n) is 18.7. The van der Waals surface area contributed by atoms with Crippen LogP contribution in [-0.2, 0) is 4.74 Å². The summed E-state index contributed by atoms with van der Waals surface area (Å²) in [5.41, 5.74) is 1.43. The minimum absolute atomic E-state index is 0.120. The number of pyridine rings is 1. The standard InChI is InChI=1S/C25H27N3O5/c1-2-32-18-4-5-19-20(16-18)33-24-21(23(19)29)22(17-6-8-26-9-7-17)28(25(24)30)11-3-10-27-12-14-31-15-13-27/h4-9,16,22H,2-3,10-15H2,1H3. The summed E-state index contributed by atoms with van der Waals surface area (Å²) >= 11 is 0. The maximum Gasteiger partial charge on any atom is 0.290 e. The average molecular weight is 450 g/mol. The van der Waals surface area contributed by atoms with Gasteiger partial charge in [-0.05, 0) is 43.2 Å². The minimum Gasteiger partial charge on any atom is -0.494 e.